The van der Waals surface area contributed by atoms with Gasteiger partial charge in [-0.25, -0.2) is 5.43 Å². The molecular formula is C24H20Br2N2O4. The fraction of sp³-hybridized carbons (Fsp3) is 0.167. The van der Waals surface area contributed by atoms with Gasteiger partial charge in [0.25, 0.3) is 0 Å². The number of fused-ring (bicyclic) bond motifs is 1. The zero-order valence-electron chi connectivity index (χ0n) is 17.0. The van der Waals surface area contributed by atoms with Crippen molar-refractivity contribution in [2.24, 2.45) is 5.10 Å². The SMILES string of the molecule is O=C(Cc1ccc2c(c1)OCCO2)N/N=C/c1cc(Br)cc(Br)c1OCc1ccccc1. The first-order chi connectivity index (χ1) is 15.6. The van der Waals surface area contributed by atoms with Crippen molar-refractivity contribution < 1.29 is 19.0 Å². The molecule has 6 nitrogen and oxygen atoms in total. The summed E-state index contributed by atoms with van der Waals surface area (Å²) in [7, 11) is 0. The maximum atomic E-state index is 12.4. The molecule has 0 unspecified atom stereocenters. The van der Waals surface area contributed by atoms with Crippen LogP contribution in [0.2, 0.25) is 0 Å². The third-order valence-electron chi connectivity index (χ3n) is 4.63. The number of carbonyl (C=O) groups is 1. The summed E-state index contributed by atoms with van der Waals surface area (Å²) in [4.78, 5) is 12.4. The lowest BCUT2D eigenvalue weighted by atomic mass is 10.1. The quantitative estimate of drug-likeness (QED) is 0.317. The van der Waals surface area contributed by atoms with Gasteiger partial charge in [-0.05, 0) is 51.3 Å². The number of benzene rings is 3. The van der Waals surface area contributed by atoms with E-state index in [0.717, 1.165) is 25.6 Å². The molecule has 4 rings (SSSR count). The maximum absolute atomic E-state index is 12.4. The van der Waals surface area contributed by atoms with E-state index in [2.05, 4.69) is 42.4 Å². The molecule has 8 heteroatoms. The first-order valence-electron chi connectivity index (χ1n) is 9.95. The van der Waals surface area contributed by atoms with E-state index in [0.29, 0.717) is 37.1 Å². The number of nitrogens with zero attached hydrogens (tertiary/aromatic N) is 1. The molecule has 0 spiro atoms. The molecule has 1 aliphatic heterocycles. The van der Waals surface area contributed by atoms with Crippen LogP contribution in [0.15, 0.2) is 74.7 Å². The van der Waals surface area contributed by atoms with Crippen molar-refractivity contribution in [3.63, 3.8) is 0 Å². The van der Waals surface area contributed by atoms with Crippen LogP contribution in [-0.4, -0.2) is 25.3 Å². The second-order valence-corrected chi connectivity index (χ2v) is 8.80. The lowest BCUT2D eigenvalue weighted by Crippen LogP contribution is -2.20. The minimum absolute atomic E-state index is 0.174. The number of hydrazone groups is 1. The summed E-state index contributed by atoms with van der Waals surface area (Å²) in [5, 5.41) is 4.12. The Hall–Kier alpha value is -2.84. The van der Waals surface area contributed by atoms with Gasteiger partial charge in [-0.2, -0.15) is 5.10 Å². The maximum Gasteiger partial charge on any atom is 0.244 e. The number of amides is 1. The second-order valence-electron chi connectivity index (χ2n) is 7.03. The van der Waals surface area contributed by atoms with Crippen LogP contribution < -0.4 is 19.6 Å². The Morgan fingerprint density at radius 3 is 2.59 bits per heavy atom. The molecule has 164 valence electrons. The monoisotopic (exact) mass is 558 g/mol. The molecule has 1 heterocycles. The van der Waals surface area contributed by atoms with E-state index in [1.807, 2.05) is 60.7 Å². The highest BCUT2D eigenvalue weighted by Gasteiger charge is 2.13. The first-order valence-corrected chi connectivity index (χ1v) is 11.5. The van der Waals surface area contributed by atoms with Crippen LogP contribution in [0.3, 0.4) is 0 Å². The number of carbonyl (C=O) groups excluding carboxylic acids is 1. The number of hydrogen-bond acceptors (Lipinski definition) is 5. The minimum Gasteiger partial charge on any atom is -0.487 e. The third kappa shape index (κ3) is 5.89. The highest BCUT2D eigenvalue weighted by molar-refractivity contribution is 9.11. The van der Waals surface area contributed by atoms with Crippen LogP contribution in [0.1, 0.15) is 16.7 Å². The van der Waals surface area contributed by atoms with Gasteiger partial charge in [0.05, 0.1) is 17.1 Å². The van der Waals surface area contributed by atoms with Gasteiger partial charge in [0.15, 0.2) is 11.5 Å². The van der Waals surface area contributed by atoms with Gasteiger partial charge in [0.2, 0.25) is 5.91 Å². The smallest absolute Gasteiger partial charge is 0.244 e. The standard InChI is InChI=1S/C24H20Br2N2O4/c25-19-12-18(24(20(26)13-19)32-15-16-4-2-1-3-5-16)14-27-28-23(29)11-17-6-7-21-22(10-17)31-9-8-30-21/h1-7,10,12-14H,8-9,11,15H2,(H,28,29)/b27-14+. The summed E-state index contributed by atoms with van der Waals surface area (Å²) >= 11 is 7.02. The molecule has 0 aliphatic carbocycles. The van der Waals surface area contributed by atoms with Crippen LogP contribution in [-0.2, 0) is 17.8 Å². The van der Waals surface area contributed by atoms with Crippen molar-refractivity contribution in [2.75, 3.05) is 13.2 Å². The average molecular weight is 560 g/mol. The van der Waals surface area contributed by atoms with Crippen LogP contribution in [0, 0.1) is 0 Å². The summed E-state index contributed by atoms with van der Waals surface area (Å²) in [6.07, 6.45) is 1.74. The van der Waals surface area contributed by atoms with Crippen molar-refractivity contribution in [2.45, 2.75) is 13.0 Å². The molecule has 3 aromatic carbocycles. The lowest BCUT2D eigenvalue weighted by Gasteiger charge is -2.18. The Labute approximate surface area is 202 Å². The van der Waals surface area contributed by atoms with Crippen molar-refractivity contribution >= 4 is 44.0 Å². The van der Waals surface area contributed by atoms with Gasteiger partial charge in [-0.1, -0.05) is 52.3 Å². The normalized spacial score (nSPS) is 12.6. The number of ether oxygens (including phenoxy) is 3. The molecule has 0 radical (unpaired) electrons. The van der Waals surface area contributed by atoms with Crippen molar-refractivity contribution in [1.82, 2.24) is 5.43 Å². The van der Waals surface area contributed by atoms with E-state index in [-0.39, 0.29) is 12.3 Å². The van der Waals surface area contributed by atoms with Crippen molar-refractivity contribution in [3.05, 3.63) is 86.3 Å². The molecule has 1 aliphatic rings. The van der Waals surface area contributed by atoms with Crippen LogP contribution in [0.5, 0.6) is 17.2 Å². The molecule has 0 bridgehead atoms. The highest BCUT2D eigenvalue weighted by Crippen LogP contribution is 2.33. The minimum atomic E-state index is -0.237. The zero-order chi connectivity index (χ0) is 22.3. The van der Waals surface area contributed by atoms with E-state index in [1.165, 1.54) is 0 Å². The average Bonchev–Trinajstić information content (AvgIpc) is 2.79. The molecule has 0 saturated carbocycles. The van der Waals surface area contributed by atoms with Crippen LogP contribution in [0.4, 0.5) is 0 Å². The second kappa shape index (κ2) is 10.7. The number of halogens is 2. The lowest BCUT2D eigenvalue weighted by molar-refractivity contribution is -0.120. The van der Waals surface area contributed by atoms with E-state index in [1.54, 1.807) is 6.21 Å². The Morgan fingerprint density at radius 2 is 1.78 bits per heavy atom. The Bertz CT molecular complexity index is 1140. The Balaban J connectivity index is 1.40. The summed E-state index contributed by atoms with van der Waals surface area (Å²) < 4.78 is 18.7. The van der Waals surface area contributed by atoms with Crippen LogP contribution >= 0.6 is 31.9 Å². The summed E-state index contributed by atoms with van der Waals surface area (Å²) in [5.74, 6) is 1.76. The molecule has 0 aromatic heterocycles. The van der Waals surface area contributed by atoms with E-state index < -0.39 is 0 Å². The van der Waals surface area contributed by atoms with E-state index in [9.17, 15) is 4.79 Å². The molecule has 32 heavy (non-hydrogen) atoms. The van der Waals surface area contributed by atoms with Gasteiger partial charge in [0, 0.05) is 10.0 Å². The van der Waals surface area contributed by atoms with Gasteiger partial charge in [0.1, 0.15) is 25.6 Å². The first kappa shape index (κ1) is 22.4. The van der Waals surface area contributed by atoms with Crippen molar-refractivity contribution in [3.8, 4) is 17.2 Å². The molecule has 0 fully saturated rings. The zero-order valence-corrected chi connectivity index (χ0v) is 20.2. The fourth-order valence-corrected chi connectivity index (χ4v) is 4.53. The van der Waals surface area contributed by atoms with E-state index >= 15 is 0 Å². The Morgan fingerprint density at radius 1 is 1.00 bits per heavy atom. The van der Waals surface area contributed by atoms with Gasteiger partial charge >= 0.3 is 0 Å². The molecule has 3 aromatic rings. The largest absolute Gasteiger partial charge is 0.487 e. The predicted octanol–water partition coefficient (Wildman–Crippen LogP) is 5.25. The fourth-order valence-electron chi connectivity index (χ4n) is 3.15. The predicted molar refractivity (Wildman–Crippen MR) is 129 cm³/mol. The molecule has 1 amide bonds. The highest BCUT2D eigenvalue weighted by atomic mass is 79.9. The number of nitrogens with one attached hydrogen (secondary N) is 1. The summed E-state index contributed by atoms with van der Waals surface area (Å²) in [6.45, 7) is 1.45. The van der Waals surface area contributed by atoms with Gasteiger partial charge in [-0.15, -0.1) is 0 Å². The van der Waals surface area contributed by atoms with Crippen LogP contribution in [0.25, 0.3) is 0 Å². The number of rotatable bonds is 7. The molecular weight excluding hydrogens is 540 g/mol. The topological polar surface area (TPSA) is 69.2 Å². The van der Waals surface area contributed by atoms with E-state index in [4.69, 9.17) is 14.2 Å². The molecule has 0 atom stereocenters. The number of hydrogen-bond donors (Lipinski definition) is 1. The Kier molecular flexibility index (Phi) is 7.44. The third-order valence-corrected chi connectivity index (χ3v) is 5.67. The van der Waals surface area contributed by atoms with Gasteiger partial charge < -0.3 is 14.2 Å². The molecule has 0 saturated heterocycles. The van der Waals surface area contributed by atoms with Crippen molar-refractivity contribution in [1.29, 1.82) is 0 Å². The summed E-state index contributed by atoms with van der Waals surface area (Å²) in [6, 6.07) is 19.2. The van der Waals surface area contributed by atoms with Gasteiger partial charge in [-0.3, -0.25) is 4.79 Å². The molecule has 1 N–H and O–H groups in total. The summed E-state index contributed by atoms with van der Waals surface area (Å²) in [5.41, 5.74) is 5.17.